The van der Waals surface area contributed by atoms with Gasteiger partial charge in [0, 0.05) is 11.2 Å². The second kappa shape index (κ2) is 4.58. The van der Waals surface area contributed by atoms with Crippen molar-refractivity contribution in [3.63, 3.8) is 0 Å². The third-order valence-electron chi connectivity index (χ3n) is 2.51. The fourth-order valence-electron chi connectivity index (χ4n) is 1.68. The van der Waals surface area contributed by atoms with Gasteiger partial charge < -0.3 is 0 Å². The van der Waals surface area contributed by atoms with E-state index in [1.54, 1.807) is 10.9 Å². The Balaban J connectivity index is 2.10. The van der Waals surface area contributed by atoms with Crippen molar-refractivity contribution < 1.29 is 0 Å². The molecule has 2 aromatic heterocycles. The highest BCUT2D eigenvalue weighted by Crippen LogP contribution is 2.19. The van der Waals surface area contributed by atoms with Gasteiger partial charge in [0.15, 0.2) is 5.82 Å². The zero-order chi connectivity index (χ0) is 12.4. The van der Waals surface area contributed by atoms with Crippen LogP contribution in [0.1, 0.15) is 0 Å². The van der Waals surface area contributed by atoms with Crippen molar-refractivity contribution in [1.29, 1.82) is 0 Å². The predicted molar refractivity (Wildman–Crippen MR) is 69.6 cm³/mol. The molecule has 4 nitrogen and oxygen atoms in total. The number of hydrogen-bond acceptors (Lipinski definition) is 3. The second-order valence-electron chi connectivity index (χ2n) is 3.69. The van der Waals surface area contributed by atoms with Crippen LogP contribution < -0.4 is 0 Å². The van der Waals surface area contributed by atoms with Gasteiger partial charge in [0.05, 0.1) is 5.69 Å². The molecule has 0 aliphatic carbocycles. The molecule has 0 fully saturated rings. The van der Waals surface area contributed by atoms with Crippen LogP contribution in [0.15, 0.2) is 55.0 Å². The molecule has 5 heteroatoms. The molecule has 0 atom stereocenters. The zero-order valence-corrected chi connectivity index (χ0v) is 10.1. The lowest BCUT2D eigenvalue weighted by Gasteiger charge is -2.05. The Morgan fingerprint density at radius 1 is 0.944 bits per heavy atom. The summed E-state index contributed by atoms with van der Waals surface area (Å²) in [6.45, 7) is 0. The molecular formula is C13H9ClN4. The van der Waals surface area contributed by atoms with Crippen molar-refractivity contribution >= 4 is 11.6 Å². The summed E-state index contributed by atoms with van der Waals surface area (Å²) in [5, 5.41) is 4.91. The van der Waals surface area contributed by atoms with E-state index in [0.717, 1.165) is 11.4 Å². The first-order chi connectivity index (χ1) is 8.84. The third kappa shape index (κ3) is 1.98. The van der Waals surface area contributed by atoms with Crippen LogP contribution in [0.4, 0.5) is 0 Å². The molecule has 18 heavy (non-hydrogen) atoms. The maximum atomic E-state index is 5.87. The quantitative estimate of drug-likeness (QED) is 0.708. The van der Waals surface area contributed by atoms with E-state index in [0.29, 0.717) is 10.8 Å². The van der Waals surface area contributed by atoms with E-state index in [4.69, 9.17) is 11.6 Å². The monoisotopic (exact) mass is 256 g/mol. The molecule has 0 unspecified atom stereocenters. The fourth-order valence-corrected chi connectivity index (χ4v) is 1.81. The first kappa shape index (κ1) is 10.9. The number of aromatic nitrogens is 4. The summed E-state index contributed by atoms with van der Waals surface area (Å²) in [7, 11) is 0. The van der Waals surface area contributed by atoms with Crippen molar-refractivity contribution in [2.75, 3.05) is 0 Å². The minimum absolute atomic E-state index is 0.693. The Bertz CT molecular complexity index is 646. The fraction of sp³-hybridized carbons (Fsp3) is 0. The van der Waals surface area contributed by atoms with Gasteiger partial charge in [-0.2, -0.15) is 5.10 Å². The van der Waals surface area contributed by atoms with E-state index in [1.807, 2.05) is 42.5 Å². The standard InChI is InChI=1S/C13H9ClN4/c14-10-4-6-11(7-5-10)18-13(16-9-17-18)12-3-1-2-8-15-12/h1-9H. The summed E-state index contributed by atoms with van der Waals surface area (Å²) in [5.41, 5.74) is 1.68. The molecule has 0 N–H and O–H groups in total. The van der Waals surface area contributed by atoms with Gasteiger partial charge in [-0.1, -0.05) is 17.7 Å². The van der Waals surface area contributed by atoms with Crippen LogP contribution >= 0.6 is 11.6 Å². The van der Waals surface area contributed by atoms with Crippen molar-refractivity contribution in [1.82, 2.24) is 19.7 Å². The lowest BCUT2D eigenvalue weighted by Crippen LogP contribution is -2.00. The van der Waals surface area contributed by atoms with Crippen molar-refractivity contribution in [2.24, 2.45) is 0 Å². The molecule has 0 aliphatic heterocycles. The Kier molecular flexibility index (Phi) is 2.78. The van der Waals surface area contributed by atoms with E-state index < -0.39 is 0 Å². The third-order valence-corrected chi connectivity index (χ3v) is 2.76. The smallest absolute Gasteiger partial charge is 0.181 e. The van der Waals surface area contributed by atoms with Gasteiger partial charge >= 0.3 is 0 Å². The highest BCUT2D eigenvalue weighted by molar-refractivity contribution is 6.30. The number of pyridine rings is 1. The molecule has 1 aromatic carbocycles. The normalized spacial score (nSPS) is 10.5. The average molecular weight is 257 g/mol. The molecule has 0 saturated heterocycles. The van der Waals surface area contributed by atoms with Gasteiger partial charge in [0.2, 0.25) is 0 Å². The summed E-state index contributed by atoms with van der Waals surface area (Å²) < 4.78 is 1.73. The number of rotatable bonds is 2. The van der Waals surface area contributed by atoms with Crippen LogP contribution in [0.5, 0.6) is 0 Å². The predicted octanol–water partition coefficient (Wildman–Crippen LogP) is 2.98. The van der Waals surface area contributed by atoms with Crippen LogP contribution in [0, 0.1) is 0 Å². The van der Waals surface area contributed by atoms with Crippen molar-refractivity contribution in [2.45, 2.75) is 0 Å². The highest BCUT2D eigenvalue weighted by Gasteiger charge is 2.09. The minimum Gasteiger partial charge on any atom is -0.253 e. The Morgan fingerprint density at radius 3 is 2.50 bits per heavy atom. The van der Waals surface area contributed by atoms with Crippen molar-refractivity contribution in [3.05, 3.63) is 60.0 Å². The molecule has 0 radical (unpaired) electrons. The van der Waals surface area contributed by atoms with Crippen molar-refractivity contribution in [3.8, 4) is 17.2 Å². The Morgan fingerprint density at radius 2 is 1.78 bits per heavy atom. The largest absolute Gasteiger partial charge is 0.253 e. The highest BCUT2D eigenvalue weighted by atomic mass is 35.5. The summed E-state index contributed by atoms with van der Waals surface area (Å²) in [5.74, 6) is 0.706. The van der Waals surface area contributed by atoms with Crippen LogP contribution in [-0.2, 0) is 0 Å². The molecule has 0 aliphatic rings. The average Bonchev–Trinajstić information content (AvgIpc) is 2.90. The van der Waals surface area contributed by atoms with E-state index in [1.165, 1.54) is 6.33 Å². The molecule has 2 heterocycles. The minimum atomic E-state index is 0.693. The molecule has 3 rings (SSSR count). The van der Waals surface area contributed by atoms with E-state index in [2.05, 4.69) is 15.1 Å². The van der Waals surface area contributed by atoms with E-state index in [-0.39, 0.29) is 0 Å². The van der Waals surface area contributed by atoms with E-state index in [9.17, 15) is 0 Å². The first-order valence-corrected chi connectivity index (χ1v) is 5.80. The number of halogens is 1. The molecular weight excluding hydrogens is 248 g/mol. The lowest BCUT2D eigenvalue weighted by molar-refractivity contribution is 0.883. The Hall–Kier alpha value is -2.20. The zero-order valence-electron chi connectivity index (χ0n) is 9.36. The number of nitrogens with zero attached hydrogens (tertiary/aromatic N) is 4. The van der Waals surface area contributed by atoms with Crippen LogP contribution in [0.2, 0.25) is 5.02 Å². The van der Waals surface area contributed by atoms with Gasteiger partial charge in [-0.25, -0.2) is 9.67 Å². The lowest BCUT2D eigenvalue weighted by atomic mass is 10.3. The van der Waals surface area contributed by atoms with Crippen LogP contribution in [0.25, 0.3) is 17.2 Å². The molecule has 3 aromatic rings. The SMILES string of the molecule is Clc1ccc(-n2ncnc2-c2ccccn2)cc1. The molecule has 0 bridgehead atoms. The van der Waals surface area contributed by atoms with Gasteiger partial charge in [0.1, 0.15) is 12.0 Å². The number of hydrogen-bond donors (Lipinski definition) is 0. The Labute approximate surface area is 109 Å². The van der Waals surface area contributed by atoms with Crippen LogP contribution in [0.3, 0.4) is 0 Å². The number of benzene rings is 1. The topological polar surface area (TPSA) is 43.6 Å². The summed E-state index contributed by atoms with van der Waals surface area (Å²) >= 11 is 5.87. The van der Waals surface area contributed by atoms with Gasteiger partial charge in [-0.3, -0.25) is 4.98 Å². The maximum Gasteiger partial charge on any atom is 0.181 e. The van der Waals surface area contributed by atoms with Crippen LogP contribution in [-0.4, -0.2) is 19.7 Å². The summed E-state index contributed by atoms with van der Waals surface area (Å²) in [6.07, 6.45) is 3.24. The maximum absolute atomic E-state index is 5.87. The molecule has 0 amide bonds. The molecule has 88 valence electrons. The van der Waals surface area contributed by atoms with Gasteiger partial charge in [-0.15, -0.1) is 0 Å². The molecule has 0 saturated carbocycles. The van der Waals surface area contributed by atoms with E-state index >= 15 is 0 Å². The summed E-state index contributed by atoms with van der Waals surface area (Å²) in [6, 6.07) is 13.1. The molecule has 0 spiro atoms. The van der Waals surface area contributed by atoms with Gasteiger partial charge in [0.25, 0.3) is 0 Å². The second-order valence-corrected chi connectivity index (χ2v) is 4.12. The summed E-state index contributed by atoms with van der Waals surface area (Å²) in [4.78, 5) is 8.52. The van der Waals surface area contributed by atoms with Gasteiger partial charge in [-0.05, 0) is 36.4 Å². The first-order valence-electron chi connectivity index (χ1n) is 5.42.